The third-order valence-corrected chi connectivity index (χ3v) is 3.76. The number of primary amides is 1. The minimum atomic E-state index is -0.968. The summed E-state index contributed by atoms with van der Waals surface area (Å²) in [6, 6.07) is 9.76. The molecular weight excluding hydrogens is 254 g/mol. The van der Waals surface area contributed by atoms with Gasteiger partial charge in [0.2, 0.25) is 11.8 Å². The fourth-order valence-electron chi connectivity index (χ4n) is 2.28. The second-order valence-corrected chi connectivity index (χ2v) is 5.17. The van der Waals surface area contributed by atoms with Crippen LogP contribution in [0, 0.1) is 5.41 Å². The van der Waals surface area contributed by atoms with Gasteiger partial charge >= 0.3 is 0 Å². The molecule has 1 fully saturated rings. The van der Waals surface area contributed by atoms with Crippen LogP contribution in [0.4, 0.5) is 0 Å². The molecule has 20 heavy (non-hydrogen) atoms. The smallest absolute Gasteiger partial charge is 0.235 e. The maximum atomic E-state index is 12.0. The molecule has 5 heteroatoms. The average Bonchev–Trinajstić information content (AvgIpc) is 3.26. The normalized spacial score (nSPS) is 15.8. The maximum Gasteiger partial charge on any atom is 0.235 e. The van der Waals surface area contributed by atoms with E-state index < -0.39 is 11.3 Å². The van der Waals surface area contributed by atoms with E-state index in [0.29, 0.717) is 19.4 Å². The number of aromatic nitrogens is 1. The number of para-hydroxylation sites is 1. The Hall–Kier alpha value is -2.43. The number of amides is 2. The number of nitrogens with two attached hydrogens (primary N) is 1. The Kier molecular flexibility index (Phi) is 2.89. The molecule has 0 radical (unpaired) electrons. The van der Waals surface area contributed by atoms with E-state index in [1.807, 2.05) is 30.3 Å². The number of carbonyl (C=O) groups is 2. The Balaban J connectivity index is 1.71. The van der Waals surface area contributed by atoms with Gasteiger partial charge in [-0.3, -0.25) is 14.6 Å². The Morgan fingerprint density at radius 2 is 2.05 bits per heavy atom. The number of rotatable bonds is 4. The van der Waals surface area contributed by atoms with E-state index in [9.17, 15) is 9.59 Å². The Morgan fingerprint density at radius 1 is 1.30 bits per heavy atom. The van der Waals surface area contributed by atoms with Crippen molar-refractivity contribution in [2.75, 3.05) is 0 Å². The highest BCUT2D eigenvalue weighted by Crippen LogP contribution is 2.45. The van der Waals surface area contributed by atoms with Gasteiger partial charge in [0.25, 0.3) is 0 Å². The molecule has 2 aromatic rings. The van der Waals surface area contributed by atoms with Crippen molar-refractivity contribution in [1.82, 2.24) is 10.3 Å². The molecule has 5 nitrogen and oxygen atoms in total. The molecule has 3 rings (SSSR count). The van der Waals surface area contributed by atoms with Crippen LogP contribution in [-0.4, -0.2) is 16.8 Å². The second-order valence-electron chi connectivity index (χ2n) is 5.17. The molecule has 1 heterocycles. The summed E-state index contributed by atoms with van der Waals surface area (Å²) in [5, 5.41) is 3.79. The van der Waals surface area contributed by atoms with E-state index in [-0.39, 0.29) is 5.91 Å². The lowest BCUT2D eigenvalue weighted by molar-refractivity contribution is -0.135. The number of nitrogens with zero attached hydrogens (tertiary/aromatic N) is 1. The van der Waals surface area contributed by atoms with Gasteiger partial charge < -0.3 is 11.1 Å². The highest BCUT2D eigenvalue weighted by Gasteiger charge is 2.55. The SMILES string of the molecule is NC(=O)C1(C(=O)NCc2cnc3ccccc3c2)CC1. The van der Waals surface area contributed by atoms with E-state index >= 15 is 0 Å². The van der Waals surface area contributed by atoms with E-state index in [4.69, 9.17) is 5.73 Å². The summed E-state index contributed by atoms with van der Waals surface area (Å²) in [4.78, 5) is 27.6. The predicted octanol–water partition coefficient (Wildman–Crippen LogP) is 1.12. The first-order chi connectivity index (χ1) is 9.62. The number of hydrogen-bond acceptors (Lipinski definition) is 3. The summed E-state index contributed by atoms with van der Waals surface area (Å²) in [6.45, 7) is 0.353. The van der Waals surface area contributed by atoms with Gasteiger partial charge in [-0.2, -0.15) is 0 Å². The lowest BCUT2D eigenvalue weighted by Gasteiger charge is -2.11. The quantitative estimate of drug-likeness (QED) is 0.815. The van der Waals surface area contributed by atoms with Crippen LogP contribution in [0.2, 0.25) is 0 Å². The third kappa shape index (κ3) is 2.11. The average molecular weight is 269 g/mol. The van der Waals surface area contributed by atoms with Crippen molar-refractivity contribution in [3.05, 3.63) is 42.1 Å². The molecule has 1 aromatic carbocycles. The summed E-state index contributed by atoms with van der Waals surface area (Å²) in [5.41, 5.74) is 6.11. The number of hydrogen-bond donors (Lipinski definition) is 2. The van der Waals surface area contributed by atoms with Crippen molar-refractivity contribution in [3.8, 4) is 0 Å². The van der Waals surface area contributed by atoms with Gasteiger partial charge in [-0.15, -0.1) is 0 Å². The van der Waals surface area contributed by atoms with Crippen molar-refractivity contribution < 1.29 is 9.59 Å². The van der Waals surface area contributed by atoms with Gasteiger partial charge in [-0.05, 0) is 30.5 Å². The molecule has 0 unspecified atom stereocenters. The van der Waals surface area contributed by atoms with E-state index in [1.54, 1.807) is 6.20 Å². The Morgan fingerprint density at radius 3 is 2.75 bits per heavy atom. The summed E-state index contributed by atoms with van der Waals surface area (Å²) in [5.74, 6) is -0.815. The summed E-state index contributed by atoms with van der Waals surface area (Å²) in [7, 11) is 0. The molecule has 1 saturated carbocycles. The van der Waals surface area contributed by atoms with Gasteiger partial charge in [0.1, 0.15) is 5.41 Å². The maximum absolute atomic E-state index is 12.0. The summed E-state index contributed by atoms with van der Waals surface area (Å²) < 4.78 is 0. The molecule has 1 aliphatic carbocycles. The minimum absolute atomic E-state index is 0.279. The van der Waals surface area contributed by atoms with E-state index in [0.717, 1.165) is 16.5 Å². The Labute approximate surface area is 116 Å². The lowest BCUT2D eigenvalue weighted by Crippen LogP contribution is -2.40. The molecule has 0 atom stereocenters. The van der Waals surface area contributed by atoms with Crippen molar-refractivity contribution in [1.29, 1.82) is 0 Å². The lowest BCUT2D eigenvalue weighted by atomic mass is 10.1. The molecule has 0 aliphatic heterocycles. The molecule has 1 aromatic heterocycles. The largest absolute Gasteiger partial charge is 0.369 e. The number of benzene rings is 1. The van der Waals surface area contributed by atoms with E-state index in [2.05, 4.69) is 10.3 Å². The zero-order valence-electron chi connectivity index (χ0n) is 10.9. The predicted molar refractivity (Wildman–Crippen MR) is 74.5 cm³/mol. The standard InChI is InChI=1S/C15H15N3O2/c16-13(19)15(5-6-15)14(20)18-9-10-7-11-3-1-2-4-12(11)17-8-10/h1-4,7-8H,5-6,9H2,(H2,16,19)(H,18,20). The first kappa shape index (κ1) is 12.6. The molecular formula is C15H15N3O2. The highest BCUT2D eigenvalue weighted by molar-refractivity contribution is 6.07. The van der Waals surface area contributed by atoms with Crippen LogP contribution in [0.3, 0.4) is 0 Å². The topological polar surface area (TPSA) is 85.1 Å². The second kappa shape index (κ2) is 4.59. The fourth-order valence-corrected chi connectivity index (χ4v) is 2.28. The van der Waals surface area contributed by atoms with Crippen LogP contribution >= 0.6 is 0 Å². The van der Waals surface area contributed by atoms with Crippen LogP contribution in [0.15, 0.2) is 36.5 Å². The molecule has 102 valence electrons. The Bertz CT molecular complexity index is 692. The number of fused-ring (bicyclic) bond motifs is 1. The van der Waals surface area contributed by atoms with Crippen LogP contribution in [-0.2, 0) is 16.1 Å². The third-order valence-electron chi connectivity index (χ3n) is 3.76. The van der Waals surface area contributed by atoms with Crippen LogP contribution in [0.1, 0.15) is 18.4 Å². The molecule has 0 spiro atoms. The van der Waals surface area contributed by atoms with Gasteiger partial charge in [0.05, 0.1) is 5.52 Å². The van der Waals surface area contributed by atoms with Crippen molar-refractivity contribution in [2.24, 2.45) is 11.1 Å². The molecule has 0 bridgehead atoms. The number of nitrogens with one attached hydrogen (secondary N) is 1. The first-order valence-corrected chi connectivity index (χ1v) is 6.54. The van der Waals surface area contributed by atoms with E-state index in [1.165, 1.54) is 0 Å². The summed E-state index contributed by atoms with van der Waals surface area (Å²) >= 11 is 0. The molecule has 1 aliphatic rings. The first-order valence-electron chi connectivity index (χ1n) is 6.54. The van der Waals surface area contributed by atoms with Crippen LogP contribution in [0.25, 0.3) is 10.9 Å². The van der Waals surface area contributed by atoms with Gasteiger partial charge in [0, 0.05) is 18.1 Å². The van der Waals surface area contributed by atoms with Crippen molar-refractivity contribution in [3.63, 3.8) is 0 Å². The zero-order valence-corrected chi connectivity index (χ0v) is 10.9. The van der Waals surface area contributed by atoms with Crippen LogP contribution in [0.5, 0.6) is 0 Å². The van der Waals surface area contributed by atoms with Gasteiger partial charge in [-0.25, -0.2) is 0 Å². The fraction of sp³-hybridized carbons (Fsp3) is 0.267. The van der Waals surface area contributed by atoms with Gasteiger partial charge in [-0.1, -0.05) is 18.2 Å². The van der Waals surface area contributed by atoms with Crippen LogP contribution < -0.4 is 11.1 Å². The highest BCUT2D eigenvalue weighted by atomic mass is 16.2. The number of carbonyl (C=O) groups excluding carboxylic acids is 2. The zero-order chi connectivity index (χ0) is 14.2. The number of pyridine rings is 1. The molecule has 3 N–H and O–H groups in total. The summed E-state index contributed by atoms with van der Waals surface area (Å²) in [6.07, 6.45) is 2.82. The van der Waals surface area contributed by atoms with Crippen molar-refractivity contribution >= 4 is 22.7 Å². The van der Waals surface area contributed by atoms with Gasteiger partial charge in [0.15, 0.2) is 0 Å². The van der Waals surface area contributed by atoms with Crippen molar-refractivity contribution in [2.45, 2.75) is 19.4 Å². The monoisotopic (exact) mass is 269 g/mol. The molecule has 0 saturated heterocycles. The molecule has 2 amide bonds. The minimum Gasteiger partial charge on any atom is -0.369 e.